The van der Waals surface area contributed by atoms with Gasteiger partial charge in [-0.05, 0) is 79.3 Å². The van der Waals surface area contributed by atoms with Crippen LogP contribution < -0.4 is 26.1 Å². The van der Waals surface area contributed by atoms with Gasteiger partial charge >= 0.3 is 0 Å². The molecule has 1 aliphatic rings. The van der Waals surface area contributed by atoms with Gasteiger partial charge in [0.15, 0.2) is 0 Å². The zero-order valence-electron chi connectivity index (χ0n) is 28.1. The number of carbonyl (C=O) groups is 1. The number of alkyl halides is 1. The van der Waals surface area contributed by atoms with Crippen molar-refractivity contribution in [2.24, 2.45) is 0 Å². The number of carbonyl (C=O) groups excluding carboxylic acids is 1. The van der Waals surface area contributed by atoms with Crippen LogP contribution in [0.2, 0.25) is 0 Å². The molecule has 0 saturated carbocycles. The number of hydrazine groups is 1. The van der Waals surface area contributed by atoms with Gasteiger partial charge in [0.2, 0.25) is 5.91 Å². The van der Waals surface area contributed by atoms with Gasteiger partial charge in [-0.25, -0.2) is 4.39 Å². The summed E-state index contributed by atoms with van der Waals surface area (Å²) in [6, 6.07) is 22.5. The minimum Gasteiger partial charge on any atom is -0.381 e. The molecule has 1 fully saturated rings. The molecule has 5 nitrogen and oxygen atoms in total. The van der Waals surface area contributed by atoms with Crippen LogP contribution >= 0.6 is 11.8 Å². The largest absolute Gasteiger partial charge is 0.381 e. The third-order valence-corrected chi connectivity index (χ3v) is 8.13. The summed E-state index contributed by atoms with van der Waals surface area (Å²) >= 11 is 1.57. The predicted octanol–water partition coefficient (Wildman–Crippen LogP) is 8.42. The lowest BCUT2D eigenvalue weighted by molar-refractivity contribution is -0.115. The highest BCUT2D eigenvalue weighted by Gasteiger charge is 2.29. The van der Waals surface area contributed by atoms with Crippen LogP contribution in [-0.2, 0) is 17.6 Å². The first-order valence-corrected chi connectivity index (χ1v) is 17.0. The zero-order chi connectivity index (χ0) is 33.4. The van der Waals surface area contributed by atoms with Gasteiger partial charge in [-0.1, -0.05) is 101 Å². The van der Waals surface area contributed by atoms with E-state index in [1.54, 1.807) is 18.7 Å². The molecule has 1 heterocycles. The summed E-state index contributed by atoms with van der Waals surface area (Å²) in [7, 11) is 8.05. The van der Waals surface area contributed by atoms with Crippen LogP contribution in [-0.4, -0.2) is 39.3 Å². The van der Waals surface area contributed by atoms with E-state index in [1.165, 1.54) is 5.56 Å². The van der Waals surface area contributed by atoms with E-state index < -0.39 is 6.17 Å². The standard InChI is InChI=1S/C31H35BN4OS.C4H9F.C2H6/c1-5-7-25-12-13-26(32)20-29(25)36-30(37)21-38-31(36)18-19-33-27-14-16-28(17-15-27)35(4)34-22(3)24-10-8-23(6-2)9-11-24;1-3-4(2)5;1-2/h8-18,20,33-34H,3,5-7,19,21H2,1-2,4H3;4H,3H2,1-2H3;1-2H3/b31-18-;;. The van der Waals surface area contributed by atoms with Crippen molar-refractivity contribution in [1.82, 2.24) is 5.43 Å². The Morgan fingerprint density at radius 3 is 2.31 bits per heavy atom. The van der Waals surface area contributed by atoms with Crippen molar-refractivity contribution in [1.29, 1.82) is 0 Å². The monoisotopic (exact) mass is 628 g/mol. The van der Waals surface area contributed by atoms with E-state index in [2.05, 4.69) is 73.6 Å². The van der Waals surface area contributed by atoms with Crippen LogP contribution in [0.3, 0.4) is 0 Å². The summed E-state index contributed by atoms with van der Waals surface area (Å²) in [5, 5.41) is 6.34. The van der Waals surface area contributed by atoms with Crippen molar-refractivity contribution < 1.29 is 9.18 Å². The summed E-state index contributed by atoms with van der Waals surface area (Å²) in [4.78, 5) is 14.6. The Labute approximate surface area is 276 Å². The molecule has 0 aromatic heterocycles. The quantitative estimate of drug-likeness (QED) is 0.156. The lowest BCUT2D eigenvalue weighted by atomic mass is 9.92. The topological polar surface area (TPSA) is 47.6 Å². The number of amides is 1. The molecule has 3 aromatic rings. The summed E-state index contributed by atoms with van der Waals surface area (Å²) in [6.07, 6.45) is 5.03. The van der Waals surface area contributed by atoms with Crippen LogP contribution in [0.1, 0.15) is 71.1 Å². The third-order valence-electron chi connectivity index (χ3n) is 7.10. The Hall–Kier alpha value is -3.65. The second-order valence-electron chi connectivity index (χ2n) is 10.5. The number of anilines is 3. The van der Waals surface area contributed by atoms with Crippen LogP contribution in [0, 0.1) is 0 Å². The number of nitrogens with one attached hydrogen (secondary N) is 2. The van der Waals surface area contributed by atoms with Gasteiger partial charge in [0.25, 0.3) is 0 Å². The van der Waals surface area contributed by atoms with Crippen LogP contribution in [0.15, 0.2) is 84.4 Å². The smallest absolute Gasteiger partial charge is 0.242 e. The van der Waals surface area contributed by atoms with Gasteiger partial charge in [0.05, 0.1) is 34.0 Å². The minimum absolute atomic E-state index is 0.0898. The van der Waals surface area contributed by atoms with Gasteiger partial charge in [-0.15, -0.1) is 0 Å². The van der Waals surface area contributed by atoms with Crippen molar-refractivity contribution in [3.8, 4) is 0 Å². The number of thioether (sulfide) groups is 1. The molecule has 45 heavy (non-hydrogen) atoms. The lowest BCUT2D eigenvalue weighted by Gasteiger charge is -2.23. The zero-order valence-corrected chi connectivity index (χ0v) is 28.9. The fourth-order valence-electron chi connectivity index (χ4n) is 4.39. The van der Waals surface area contributed by atoms with Gasteiger partial charge in [0.1, 0.15) is 7.85 Å². The third kappa shape index (κ3) is 11.7. The molecule has 1 atom stereocenters. The molecule has 3 aromatic carbocycles. The van der Waals surface area contributed by atoms with Gasteiger partial charge in [-0.3, -0.25) is 20.1 Å². The molecule has 2 N–H and O–H groups in total. The summed E-state index contributed by atoms with van der Waals surface area (Å²) < 4.78 is 11.4. The molecule has 2 radical (unpaired) electrons. The molecule has 0 aliphatic carbocycles. The number of halogens is 1. The number of hydrogen-bond acceptors (Lipinski definition) is 5. The summed E-state index contributed by atoms with van der Waals surface area (Å²) in [5.74, 6) is 0.529. The Morgan fingerprint density at radius 2 is 1.73 bits per heavy atom. The number of benzene rings is 3. The number of nitrogens with zero attached hydrogens (tertiary/aromatic N) is 2. The Balaban J connectivity index is 0.000000917. The van der Waals surface area contributed by atoms with Gasteiger partial charge in [0, 0.05) is 19.3 Å². The molecule has 1 unspecified atom stereocenters. The molecular formula is C37H50BFN4OS. The fraction of sp³-hybridized carbons (Fsp3) is 0.378. The molecule has 8 heteroatoms. The highest BCUT2D eigenvalue weighted by molar-refractivity contribution is 8.04. The first kappa shape index (κ1) is 37.5. The van der Waals surface area contributed by atoms with Crippen LogP contribution in [0.4, 0.5) is 21.5 Å². The van der Waals surface area contributed by atoms with E-state index in [0.29, 0.717) is 24.2 Å². The fourth-order valence-corrected chi connectivity index (χ4v) is 5.32. The average molecular weight is 629 g/mol. The number of rotatable bonds is 12. The highest BCUT2D eigenvalue weighted by atomic mass is 32.2. The van der Waals surface area contributed by atoms with E-state index in [9.17, 15) is 9.18 Å². The molecule has 1 saturated heterocycles. The second kappa shape index (κ2) is 19.7. The molecule has 0 bridgehead atoms. The summed E-state index contributed by atoms with van der Waals surface area (Å²) in [6.45, 7) is 16.5. The Kier molecular flexibility index (Phi) is 16.4. The van der Waals surface area contributed by atoms with Gasteiger partial charge in [-0.2, -0.15) is 0 Å². The first-order chi connectivity index (χ1) is 21.7. The van der Waals surface area contributed by atoms with Crippen LogP contribution in [0.5, 0.6) is 0 Å². The molecule has 240 valence electrons. The van der Waals surface area contributed by atoms with E-state index in [0.717, 1.165) is 58.2 Å². The van der Waals surface area contributed by atoms with Crippen molar-refractivity contribution in [2.45, 2.75) is 73.4 Å². The molecule has 0 spiro atoms. The maximum atomic E-state index is 12.8. The van der Waals surface area contributed by atoms with Crippen molar-refractivity contribution in [2.75, 3.05) is 34.6 Å². The molecule has 1 aliphatic heterocycles. The van der Waals surface area contributed by atoms with Crippen LogP contribution in [0.25, 0.3) is 5.70 Å². The molecule has 1 amide bonds. The SMILES string of the molecule is CC.CCC(C)F.[B]c1ccc(CCC)c(N2C(=O)CS/C2=C\CNc2ccc(N(C)NC(=C)c3ccc(CC)cc3)cc2)c1. The molecule has 4 rings (SSSR count). The van der Waals surface area contributed by atoms with Crippen molar-refractivity contribution in [3.63, 3.8) is 0 Å². The first-order valence-electron chi connectivity index (χ1n) is 16.0. The normalized spacial score (nSPS) is 13.7. The van der Waals surface area contributed by atoms with Gasteiger partial charge < -0.3 is 5.32 Å². The predicted molar refractivity (Wildman–Crippen MR) is 197 cm³/mol. The maximum absolute atomic E-state index is 12.8. The lowest BCUT2D eigenvalue weighted by Crippen LogP contribution is -2.32. The number of aryl methyl sites for hydroxylation is 2. The molecular weight excluding hydrogens is 578 g/mol. The average Bonchev–Trinajstić information content (AvgIpc) is 3.42. The van der Waals surface area contributed by atoms with E-state index in [4.69, 9.17) is 7.85 Å². The van der Waals surface area contributed by atoms with Crippen molar-refractivity contribution >= 4 is 53.7 Å². The Bertz CT molecular complexity index is 1380. The summed E-state index contributed by atoms with van der Waals surface area (Å²) in [5.41, 5.74) is 11.3. The van der Waals surface area contributed by atoms with E-state index in [1.807, 2.05) is 68.1 Å². The van der Waals surface area contributed by atoms with Crippen molar-refractivity contribution in [3.05, 3.63) is 101 Å². The minimum atomic E-state index is -0.616. The van der Waals surface area contributed by atoms with E-state index in [-0.39, 0.29) is 5.91 Å². The number of hydrogen-bond donors (Lipinski definition) is 2. The Morgan fingerprint density at radius 1 is 1.09 bits per heavy atom. The highest BCUT2D eigenvalue weighted by Crippen LogP contribution is 2.35. The maximum Gasteiger partial charge on any atom is 0.242 e. The van der Waals surface area contributed by atoms with E-state index >= 15 is 0 Å². The second-order valence-corrected chi connectivity index (χ2v) is 11.5.